The van der Waals surface area contributed by atoms with Crippen molar-refractivity contribution in [3.05, 3.63) is 178 Å². The molecule has 0 aliphatic heterocycles. The van der Waals surface area contributed by atoms with Gasteiger partial charge in [-0.3, -0.25) is 0 Å². The summed E-state index contributed by atoms with van der Waals surface area (Å²) in [5.74, 6) is 0. The van der Waals surface area contributed by atoms with Gasteiger partial charge >= 0.3 is 12.4 Å². The highest BCUT2D eigenvalue weighted by molar-refractivity contribution is 14.1. The molecule has 0 unspecified atom stereocenters. The number of rotatable bonds is 7. The molecular formula is C50H39F6I. The van der Waals surface area contributed by atoms with Crippen LogP contribution in [0.2, 0.25) is 0 Å². The second-order valence-corrected chi connectivity index (χ2v) is 15.3. The summed E-state index contributed by atoms with van der Waals surface area (Å²) in [7, 11) is 0. The highest BCUT2D eigenvalue weighted by atomic mass is 127. The molecule has 7 aromatic rings. The van der Waals surface area contributed by atoms with Crippen LogP contribution in [-0.2, 0) is 16.8 Å². The van der Waals surface area contributed by atoms with Crippen LogP contribution in [0.25, 0.3) is 66.8 Å². The molecule has 0 aliphatic carbocycles. The van der Waals surface area contributed by atoms with Gasteiger partial charge in [-0.25, -0.2) is 0 Å². The molecule has 0 aromatic heterocycles. The maximum absolute atomic E-state index is 15.1. The van der Waals surface area contributed by atoms with Crippen molar-refractivity contribution >= 4 is 22.6 Å². The predicted octanol–water partition coefficient (Wildman–Crippen LogP) is 16.2. The highest BCUT2D eigenvalue weighted by Crippen LogP contribution is 2.52. The second-order valence-electron chi connectivity index (χ2n) is 14.5. The summed E-state index contributed by atoms with van der Waals surface area (Å²) in [5, 5.41) is 0. The summed E-state index contributed by atoms with van der Waals surface area (Å²) in [6.45, 7) is 9.78. The molecule has 7 rings (SSSR count). The zero-order chi connectivity index (χ0) is 40.8. The van der Waals surface area contributed by atoms with E-state index in [1.807, 2.05) is 107 Å². The van der Waals surface area contributed by atoms with Gasteiger partial charge in [0, 0.05) is 4.43 Å². The van der Waals surface area contributed by atoms with Gasteiger partial charge in [-0.15, -0.1) is 0 Å². The first-order chi connectivity index (χ1) is 27.1. The van der Waals surface area contributed by atoms with E-state index in [0.717, 1.165) is 67.8 Å². The van der Waals surface area contributed by atoms with Crippen LogP contribution in [0.3, 0.4) is 0 Å². The standard InChI is InChI=1S/C50H39F6I/c1-29-24-30(2)46(33(5)45(29)34-16-8-6-9-17-34)40-26-39(37-21-13-15-23-44(37)50(54,55)56)41(27-38(40)36-20-12-14-22-43(36)49(51,52)53)48-32(4)25-31(3)47(42(48)28-57)35-18-10-7-11-19-35/h6-27H,28H2,1-5H3. The lowest BCUT2D eigenvalue weighted by atomic mass is 9.78. The molecule has 0 spiro atoms. The van der Waals surface area contributed by atoms with Crippen molar-refractivity contribution in [1.82, 2.24) is 0 Å². The van der Waals surface area contributed by atoms with Crippen LogP contribution in [-0.4, -0.2) is 0 Å². The van der Waals surface area contributed by atoms with Crippen molar-refractivity contribution in [3.63, 3.8) is 0 Å². The summed E-state index contributed by atoms with van der Waals surface area (Å²) < 4.78 is 90.9. The van der Waals surface area contributed by atoms with Crippen LogP contribution in [0.1, 0.15) is 44.5 Å². The third-order valence-electron chi connectivity index (χ3n) is 10.8. The molecule has 7 aromatic carbocycles. The van der Waals surface area contributed by atoms with Crippen LogP contribution in [0, 0.1) is 34.6 Å². The minimum Gasteiger partial charge on any atom is -0.166 e. The summed E-state index contributed by atoms with van der Waals surface area (Å²) in [6.07, 6.45) is -9.43. The minimum atomic E-state index is -4.71. The molecule has 0 atom stereocenters. The second kappa shape index (κ2) is 15.7. The number of alkyl halides is 7. The first-order valence-corrected chi connectivity index (χ1v) is 20.1. The Morgan fingerprint density at radius 1 is 0.386 bits per heavy atom. The van der Waals surface area contributed by atoms with E-state index in [1.54, 1.807) is 24.3 Å². The number of aryl methyl sites for hydroxylation is 4. The Balaban J connectivity index is 1.72. The molecule has 0 saturated carbocycles. The molecule has 0 fully saturated rings. The Morgan fingerprint density at radius 2 is 0.754 bits per heavy atom. The van der Waals surface area contributed by atoms with E-state index in [9.17, 15) is 0 Å². The Labute approximate surface area is 343 Å². The third-order valence-corrected chi connectivity index (χ3v) is 11.6. The zero-order valence-electron chi connectivity index (χ0n) is 32.1. The molecule has 0 N–H and O–H groups in total. The smallest absolute Gasteiger partial charge is 0.166 e. The van der Waals surface area contributed by atoms with Gasteiger partial charge in [-0.05, 0) is 159 Å². The Morgan fingerprint density at radius 3 is 1.21 bits per heavy atom. The predicted molar refractivity (Wildman–Crippen MR) is 230 cm³/mol. The first kappa shape index (κ1) is 40.1. The number of benzene rings is 7. The summed E-state index contributed by atoms with van der Waals surface area (Å²) in [6, 6.07) is 37.9. The van der Waals surface area contributed by atoms with Gasteiger partial charge in [-0.2, -0.15) is 26.3 Å². The molecule has 288 valence electrons. The van der Waals surface area contributed by atoms with E-state index in [2.05, 4.69) is 22.6 Å². The number of hydrogen-bond acceptors (Lipinski definition) is 0. The Bertz CT molecular complexity index is 2620. The van der Waals surface area contributed by atoms with Gasteiger partial charge < -0.3 is 0 Å². The van der Waals surface area contributed by atoms with Crippen LogP contribution < -0.4 is 0 Å². The fraction of sp³-hybridized carbons (Fsp3) is 0.160. The maximum Gasteiger partial charge on any atom is 0.417 e. The quantitative estimate of drug-likeness (QED) is 0.0850. The van der Waals surface area contributed by atoms with E-state index in [4.69, 9.17) is 0 Å². The van der Waals surface area contributed by atoms with Gasteiger partial charge in [-0.1, -0.05) is 132 Å². The van der Waals surface area contributed by atoms with Crippen LogP contribution in [0.15, 0.2) is 133 Å². The highest BCUT2D eigenvalue weighted by Gasteiger charge is 2.37. The van der Waals surface area contributed by atoms with Gasteiger partial charge in [0.25, 0.3) is 0 Å². The fourth-order valence-corrected chi connectivity index (χ4v) is 9.39. The van der Waals surface area contributed by atoms with Crippen molar-refractivity contribution in [3.8, 4) is 66.8 Å². The van der Waals surface area contributed by atoms with Crippen molar-refractivity contribution in [2.24, 2.45) is 0 Å². The maximum atomic E-state index is 15.1. The molecule has 0 saturated heterocycles. The van der Waals surface area contributed by atoms with Gasteiger partial charge in [0.15, 0.2) is 0 Å². The van der Waals surface area contributed by atoms with Crippen LogP contribution in [0.5, 0.6) is 0 Å². The van der Waals surface area contributed by atoms with Crippen molar-refractivity contribution in [2.45, 2.75) is 51.4 Å². The number of halogens is 7. The fourth-order valence-electron chi connectivity index (χ4n) is 8.62. The summed E-state index contributed by atoms with van der Waals surface area (Å²) >= 11 is 2.28. The zero-order valence-corrected chi connectivity index (χ0v) is 34.2. The largest absolute Gasteiger partial charge is 0.417 e. The molecule has 0 amide bonds. The van der Waals surface area contributed by atoms with Gasteiger partial charge in [0.2, 0.25) is 0 Å². The topological polar surface area (TPSA) is 0 Å². The van der Waals surface area contributed by atoms with Crippen molar-refractivity contribution in [2.75, 3.05) is 0 Å². The summed E-state index contributed by atoms with van der Waals surface area (Å²) in [4.78, 5) is 0. The van der Waals surface area contributed by atoms with Crippen molar-refractivity contribution in [1.29, 1.82) is 0 Å². The number of hydrogen-bond donors (Lipinski definition) is 0. The summed E-state index contributed by atoms with van der Waals surface area (Å²) in [5.41, 5.74) is 10.0. The monoisotopic (exact) mass is 880 g/mol. The van der Waals surface area contributed by atoms with Crippen LogP contribution >= 0.6 is 22.6 Å². The van der Waals surface area contributed by atoms with E-state index in [0.29, 0.717) is 26.7 Å². The minimum absolute atomic E-state index is 0.0525. The molecular weight excluding hydrogens is 841 g/mol. The Hall–Kier alpha value is -5.15. The molecule has 0 heterocycles. The average Bonchev–Trinajstić information content (AvgIpc) is 3.17. The average molecular weight is 881 g/mol. The first-order valence-electron chi connectivity index (χ1n) is 18.5. The van der Waals surface area contributed by atoms with E-state index in [-0.39, 0.29) is 22.3 Å². The van der Waals surface area contributed by atoms with Crippen LogP contribution in [0.4, 0.5) is 26.3 Å². The Kier molecular flexibility index (Phi) is 11.0. The van der Waals surface area contributed by atoms with Gasteiger partial charge in [0.1, 0.15) is 0 Å². The lowest BCUT2D eigenvalue weighted by Gasteiger charge is -2.27. The normalized spacial score (nSPS) is 11.9. The molecule has 0 aliphatic rings. The van der Waals surface area contributed by atoms with Crippen molar-refractivity contribution < 1.29 is 26.3 Å². The molecule has 0 bridgehead atoms. The molecule has 0 radical (unpaired) electrons. The third kappa shape index (κ3) is 7.54. The van der Waals surface area contributed by atoms with E-state index >= 15 is 26.3 Å². The molecule has 7 heteroatoms. The molecule has 0 nitrogen and oxygen atoms in total. The van der Waals surface area contributed by atoms with Gasteiger partial charge in [0.05, 0.1) is 11.1 Å². The lowest BCUT2D eigenvalue weighted by molar-refractivity contribution is -0.137. The molecule has 57 heavy (non-hydrogen) atoms. The SMILES string of the molecule is Cc1cc(C)c(-c2cc(-c3ccccc3C(F)(F)F)c(-c3c(C)cc(C)c(-c4ccccc4)c3CI)cc2-c2ccccc2C(F)(F)F)c(C)c1-c1ccccc1. The van der Waals surface area contributed by atoms with E-state index < -0.39 is 23.5 Å². The van der Waals surface area contributed by atoms with E-state index in [1.165, 1.54) is 24.3 Å². The lowest BCUT2D eigenvalue weighted by Crippen LogP contribution is -2.09.